The first-order valence-corrected chi connectivity index (χ1v) is 5.61. The van der Waals surface area contributed by atoms with E-state index in [0.29, 0.717) is 6.61 Å². The average molecular weight is 220 g/mol. The second kappa shape index (κ2) is 7.04. The van der Waals surface area contributed by atoms with Gasteiger partial charge in [-0.15, -0.1) is 6.58 Å². The van der Waals surface area contributed by atoms with E-state index in [1.165, 1.54) is 0 Å². The lowest BCUT2D eigenvalue weighted by Crippen LogP contribution is -2.27. The lowest BCUT2D eigenvalue weighted by atomic mass is 10.0. The first-order chi connectivity index (χ1) is 7.81. The van der Waals surface area contributed by atoms with Gasteiger partial charge in [-0.05, 0) is 37.5 Å². The van der Waals surface area contributed by atoms with Crippen molar-refractivity contribution in [2.45, 2.75) is 25.8 Å². The van der Waals surface area contributed by atoms with Crippen molar-refractivity contribution in [1.29, 1.82) is 0 Å². The van der Waals surface area contributed by atoms with Crippen LogP contribution in [0.25, 0.3) is 0 Å². The van der Waals surface area contributed by atoms with Gasteiger partial charge in [-0.2, -0.15) is 0 Å². The molecule has 0 bridgehead atoms. The van der Waals surface area contributed by atoms with Crippen LogP contribution in [-0.4, -0.2) is 6.61 Å². The highest BCUT2D eigenvalue weighted by Gasteiger charge is 2.09. The van der Waals surface area contributed by atoms with Crippen molar-refractivity contribution < 1.29 is 4.74 Å². The van der Waals surface area contributed by atoms with Gasteiger partial charge < -0.3 is 4.74 Å². The van der Waals surface area contributed by atoms with Crippen LogP contribution in [0.2, 0.25) is 0 Å². The van der Waals surface area contributed by atoms with Crippen molar-refractivity contribution in [2.75, 3.05) is 6.61 Å². The molecule has 3 N–H and O–H groups in total. The number of hydrazine groups is 1. The number of rotatable bonds is 7. The van der Waals surface area contributed by atoms with Gasteiger partial charge in [-0.25, -0.2) is 0 Å². The molecule has 3 nitrogen and oxygen atoms in total. The van der Waals surface area contributed by atoms with Crippen LogP contribution < -0.4 is 16.0 Å². The summed E-state index contributed by atoms with van der Waals surface area (Å²) in [6, 6.07) is 8.17. The molecule has 0 radical (unpaired) electrons. The van der Waals surface area contributed by atoms with Crippen molar-refractivity contribution in [3.63, 3.8) is 0 Å². The molecule has 88 valence electrons. The van der Waals surface area contributed by atoms with Crippen molar-refractivity contribution in [2.24, 2.45) is 5.84 Å². The summed E-state index contributed by atoms with van der Waals surface area (Å²) in [4.78, 5) is 0. The van der Waals surface area contributed by atoms with E-state index >= 15 is 0 Å². The molecule has 0 aliphatic carbocycles. The van der Waals surface area contributed by atoms with Crippen molar-refractivity contribution >= 4 is 0 Å². The van der Waals surface area contributed by atoms with Gasteiger partial charge in [0, 0.05) is 6.04 Å². The molecule has 1 aromatic carbocycles. The molecule has 1 atom stereocenters. The Hall–Kier alpha value is -1.32. The number of allylic oxidation sites excluding steroid dienone is 1. The highest BCUT2D eigenvalue weighted by molar-refractivity contribution is 5.30. The summed E-state index contributed by atoms with van der Waals surface area (Å²) < 4.78 is 5.46. The number of ether oxygens (including phenoxy) is 1. The number of nitrogens with two attached hydrogens (primary N) is 1. The zero-order chi connectivity index (χ0) is 11.8. The van der Waals surface area contributed by atoms with E-state index in [0.717, 1.165) is 24.2 Å². The zero-order valence-electron chi connectivity index (χ0n) is 9.78. The van der Waals surface area contributed by atoms with Gasteiger partial charge in [0.05, 0.1) is 6.61 Å². The fraction of sp³-hybridized carbons (Fsp3) is 0.385. The van der Waals surface area contributed by atoms with Crippen LogP contribution >= 0.6 is 0 Å². The molecule has 3 heteroatoms. The van der Waals surface area contributed by atoms with Crippen LogP contribution in [0.1, 0.15) is 31.4 Å². The summed E-state index contributed by atoms with van der Waals surface area (Å²) in [6.07, 6.45) is 3.78. The van der Waals surface area contributed by atoms with E-state index in [-0.39, 0.29) is 6.04 Å². The normalized spacial score (nSPS) is 12.1. The molecule has 0 aliphatic heterocycles. The lowest BCUT2D eigenvalue weighted by Gasteiger charge is -2.16. The second-order valence-corrected chi connectivity index (χ2v) is 3.59. The monoisotopic (exact) mass is 220 g/mol. The number of hydrogen-bond donors (Lipinski definition) is 2. The van der Waals surface area contributed by atoms with Crippen molar-refractivity contribution in [1.82, 2.24) is 5.43 Å². The van der Waals surface area contributed by atoms with Crippen molar-refractivity contribution in [3.8, 4) is 5.75 Å². The van der Waals surface area contributed by atoms with Gasteiger partial charge in [0.2, 0.25) is 0 Å². The summed E-state index contributed by atoms with van der Waals surface area (Å²) >= 11 is 0. The third kappa shape index (κ3) is 3.68. The quantitative estimate of drug-likeness (QED) is 0.422. The maximum absolute atomic E-state index is 5.54. The molecule has 0 aliphatic rings. The number of benzene rings is 1. The van der Waals surface area contributed by atoms with Crippen LogP contribution in [0, 0.1) is 0 Å². The molecule has 0 heterocycles. The molecular formula is C13H20N2O. The minimum absolute atomic E-state index is 0.151. The first kappa shape index (κ1) is 12.7. The average Bonchev–Trinajstić information content (AvgIpc) is 2.31. The minimum Gasteiger partial charge on any atom is -0.494 e. The van der Waals surface area contributed by atoms with Gasteiger partial charge >= 0.3 is 0 Å². The third-order valence-electron chi connectivity index (χ3n) is 2.43. The third-order valence-corrected chi connectivity index (χ3v) is 2.43. The highest BCUT2D eigenvalue weighted by Crippen LogP contribution is 2.22. The molecular weight excluding hydrogens is 200 g/mol. The van der Waals surface area contributed by atoms with Gasteiger partial charge in [-0.1, -0.05) is 18.2 Å². The standard InChI is InChI=1S/C13H20N2O/c1-3-5-9-13(15-14)11-7-6-8-12(10-11)16-4-2/h3,6-8,10,13,15H,1,4-5,9,14H2,2H3. The van der Waals surface area contributed by atoms with Crippen LogP contribution in [-0.2, 0) is 0 Å². The Morgan fingerprint density at radius 1 is 1.56 bits per heavy atom. The summed E-state index contributed by atoms with van der Waals surface area (Å²) in [7, 11) is 0. The smallest absolute Gasteiger partial charge is 0.119 e. The maximum atomic E-state index is 5.54. The van der Waals surface area contributed by atoms with Gasteiger partial charge in [0.25, 0.3) is 0 Å². The van der Waals surface area contributed by atoms with Gasteiger partial charge in [0.15, 0.2) is 0 Å². The molecule has 0 fully saturated rings. The summed E-state index contributed by atoms with van der Waals surface area (Å²) in [5.74, 6) is 6.43. The number of hydrogen-bond acceptors (Lipinski definition) is 3. The van der Waals surface area contributed by atoms with E-state index in [9.17, 15) is 0 Å². The van der Waals surface area contributed by atoms with E-state index in [2.05, 4.69) is 18.1 Å². The molecule has 0 amide bonds. The van der Waals surface area contributed by atoms with Crippen molar-refractivity contribution in [3.05, 3.63) is 42.5 Å². The van der Waals surface area contributed by atoms with Crippen LogP contribution in [0.3, 0.4) is 0 Å². The maximum Gasteiger partial charge on any atom is 0.119 e. The topological polar surface area (TPSA) is 47.3 Å². The molecule has 1 aromatic rings. The Morgan fingerprint density at radius 3 is 3.00 bits per heavy atom. The minimum atomic E-state index is 0.151. The molecule has 16 heavy (non-hydrogen) atoms. The Kier molecular flexibility index (Phi) is 5.61. The lowest BCUT2D eigenvalue weighted by molar-refractivity contribution is 0.339. The summed E-state index contributed by atoms with van der Waals surface area (Å²) in [5, 5.41) is 0. The largest absolute Gasteiger partial charge is 0.494 e. The SMILES string of the molecule is C=CCCC(NN)c1cccc(OCC)c1. The van der Waals surface area contributed by atoms with Gasteiger partial charge in [0.1, 0.15) is 5.75 Å². The van der Waals surface area contributed by atoms with E-state index < -0.39 is 0 Å². The van der Waals surface area contributed by atoms with E-state index in [1.807, 2.05) is 31.2 Å². The Morgan fingerprint density at radius 2 is 2.38 bits per heavy atom. The molecule has 1 rings (SSSR count). The molecule has 1 unspecified atom stereocenters. The summed E-state index contributed by atoms with van der Waals surface area (Å²) in [6.45, 7) is 6.37. The summed E-state index contributed by atoms with van der Waals surface area (Å²) in [5.41, 5.74) is 3.97. The Bertz CT molecular complexity index is 325. The molecule has 0 saturated carbocycles. The highest BCUT2D eigenvalue weighted by atomic mass is 16.5. The van der Waals surface area contributed by atoms with Gasteiger partial charge in [-0.3, -0.25) is 11.3 Å². The predicted octanol–water partition coefficient (Wildman–Crippen LogP) is 2.56. The Labute approximate surface area is 97.3 Å². The number of nitrogens with one attached hydrogen (secondary N) is 1. The zero-order valence-corrected chi connectivity index (χ0v) is 9.78. The fourth-order valence-corrected chi connectivity index (χ4v) is 1.62. The second-order valence-electron chi connectivity index (χ2n) is 3.59. The van der Waals surface area contributed by atoms with Crippen LogP contribution in [0.15, 0.2) is 36.9 Å². The van der Waals surface area contributed by atoms with E-state index in [4.69, 9.17) is 10.6 Å². The first-order valence-electron chi connectivity index (χ1n) is 5.61. The van der Waals surface area contributed by atoms with Crippen LogP contribution in [0.5, 0.6) is 5.75 Å². The van der Waals surface area contributed by atoms with Crippen LogP contribution in [0.4, 0.5) is 0 Å². The Balaban J connectivity index is 2.74. The van der Waals surface area contributed by atoms with E-state index in [1.54, 1.807) is 0 Å². The molecule has 0 spiro atoms. The molecule has 0 saturated heterocycles. The molecule has 0 aromatic heterocycles. The fourth-order valence-electron chi connectivity index (χ4n) is 1.62. The predicted molar refractivity (Wildman–Crippen MR) is 67.1 cm³/mol.